The van der Waals surface area contributed by atoms with Crippen molar-refractivity contribution in [3.8, 4) is 0 Å². The molecule has 2 atom stereocenters. The van der Waals surface area contributed by atoms with Crippen LogP contribution < -0.4 is 15.9 Å². The molecule has 5 aromatic carbocycles. The minimum Gasteiger partial charge on any atom is -0.445 e. The molecule has 60 heavy (non-hydrogen) atoms. The zero-order valence-corrected chi connectivity index (χ0v) is 42.5. The second-order valence-electron chi connectivity index (χ2n) is 13.8. The van der Waals surface area contributed by atoms with Crippen LogP contribution in [0.5, 0.6) is 0 Å². The monoisotopic (exact) mass is 1210 g/mol. The maximum atomic E-state index is 11.9. The Balaban J connectivity index is 0.000000228. The highest BCUT2D eigenvalue weighted by Crippen LogP contribution is 2.32. The van der Waals surface area contributed by atoms with Gasteiger partial charge in [0.05, 0.1) is 5.34 Å². The molecule has 2 fully saturated rings. The Kier molecular flexibility index (Phi) is 28.2. The van der Waals surface area contributed by atoms with Crippen LogP contribution in [0.3, 0.4) is 0 Å². The molecule has 2 aliphatic heterocycles. The summed E-state index contributed by atoms with van der Waals surface area (Å²) in [5.41, 5.74) is 2.02. The number of likely N-dealkylation sites (tertiary alicyclic amines) is 2. The van der Waals surface area contributed by atoms with E-state index in [2.05, 4.69) is 151 Å². The predicted molar refractivity (Wildman–Crippen MR) is 278 cm³/mol. The van der Waals surface area contributed by atoms with Crippen molar-refractivity contribution < 1.29 is 24.2 Å². The van der Waals surface area contributed by atoms with Crippen LogP contribution in [-0.2, 0) is 22.7 Å². The molecule has 0 aromatic heterocycles. The van der Waals surface area contributed by atoms with Gasteiger partial charge in [0.15, 0.2) is 0 Å². The summed E-state index contributed by atoms with van der Waals surface area (Å²) in [5.74, 6) is 0.826. The van der Waals surface area contributed by atoms with E-state index in [0.717, 1.165) is 54.5 Å². The molecule has 0 saturated carbocycles. The fraction of sp³-hybridized carbons (Fsp3) is 0.319. The number of carbonyl (C=O) groups excluding carboxylic acids is 2. The molecule has 5 aromatic rings. The van der Waals surface area contributed by atoms with Gasteiger partial charge < -0.3 is 24.4 Å². The van der Waals surface area contributed by atoms with Gasteiger partial charge in [-0.25, -0.2) is 9.59 Å². The van der Waals surface area contributed by atoms with Crippen LogP contribution in [-0.4, -0.2) is 69.6 Å². The summed E-state index contributed by atoms with van der Waals surface area (Å²) in [6.07, 6.45) is 3.79. The molecule has 0 bridgehead atoms. The minimum atomic E-state index is -0.446. The fourth-order valence-electron chi connectivity index (χ4n) is 6.54. The van der Waals surface area contributed by atoms with Crippen molar-refractivity contribution in [2.24, 2.45) is 11.8 Å². The third-order valence-corrected chi connectivity index (χ3v) is 13.2. The molecule has 2 aliphatic rings. The lowest BCUT2D eigenvalue weighted by Gasteiger charge is -2.31. The molecule has 2 saturated heterocycles. The molecule has 0 spiro atoms. The molecular formula is C47H54Cl2I3N2O5P. The summed E-state index contributed by atoms with van der Waals surface area (Å²) in [6, 6.07) is 51.8. The van der Waals surface area contributed by atoms with Gasteiger partial charge in [0, 0.05) is 74.4 Å². The molecule has 7 nitrogen and oxygen atoms in total. The van der Waals surface area contributed by atoms with E-state index in [9.17, 15) is 9.59 Å². The van der Waals surface area contributed by atoms with Crippen LogP contribution in [0, 0.1) is 11.8 Å². The molecule has 0 radical (unpaired) electrons. The lowest BCUT2D eigenvalue weighted by atomic mass is 10.00. The number of nitrogens with zero attached hydrogens (tertiary/aromatic N) is 2. The van der Waals surface area contributed by atoms with E-state index >= 15 is 0 Å². The van der Waals surface area contributed by atoms with Crippen molar-refractivity contribution in [1.82, 2.24) is 9.80 Å². The van der Waals surface area contributed by atoms with Gasteiger partial charge in [-0.05, 0) is 72.5 Å². The number of rotatable bonds is 9. The van der Waals surface area contributed by atoms with Crippen LogP contribution in [0.1, 0.15) is 36.8 Å². The lowest BCUT2D eigenvalue weighted by Crippen LogP contribution is -2.41. The summed E-state index contributed by atoms with van der Waals surface area (Å²) < 4.78 is 11.7. The molecule has 2 amide bonds. The van der Waals surface area contributed by atoms with Gasteiger partial charge in [-0.1, -0.05) is 174 Å². The molecule has 13 heteroatoms. The maximum Gasteiger partial charge on any atom is 0.410 e. The molecule has 322 valence electrons. The van der Waals surface area contributed by atoms with E-state index in [1.807, 2.05) is 65.6 Å². The van der Waals surface area contributed by atoms with Gasteiger partial charge in [-0.2, -0.15) is 0 Å². The van der Waals surface area contributed by atoms with Crippen molar-refractivity contribution in [1.29, 1.82) is 0 Å². The van der Waals surface area contributed by atoms with E-state index in [0.29, 0.717) is 25.7 Å². The van der Waals surface area contributed by atoms with Crippen LogP contribution >= 0.6 is 90.9 Å². The van der Waals surface area contributed by atoms with Crippen molar-refractivity contribution >= 4 is 119 Å². The Morgan fingerprint density at radius 1 is 0.583 bits per heavy atom. The first kappa shape index (κ1) is 52.1. The quantitative estimate of drug-likeness (QED) is 0.0904. The number of alkyl halides is 3. The molecule has 7 rings (SSSR count). The Morgan fingerprint density at radius 3 is 1.23 bits per heavy atom. The standard InChI is InChI=1S/C18H15P.C14H18INO2.C14H19NO3.CH2Cl2.I2/c1-4-10-16(11-5-1)19(17-12-6-2-7-13-17)18-14-8-3-9-15-18;15-9-13-7-4-8-16(10-13)14(17)18-11-12-5-2-1-3-6-12;16-10-13-7-4-8-15(9-13)14(17)18-11-12-5-2-1-3-6-12;2-1-3;1-2/h1-15H;1-3,5-6,13H,4,7-11H2;1-3,5-6,13,16H,4,7-11H2;1H2;. The number of amides is 2. The SMILES string of the molecule is ClCCl.II.O=C(OCc1ccccc1)N1CCCC(CI)C1.O=C(OCc1ccccc1)N1CCCC(CO)C1.c1ccc(P(c2ccccc2)c2ccccc2)cc1. The first-order chi connectivity index (χ1) is 29.4. The number of carbonyl (C=O) groups is 2. The molecule has 1 N–H and O–H groups in total. The van der Waals surface area contributed by atoms with Gasteiger partial charge in [-0.15, -0.1) is 23.2 Å². The van der Waals surface area contributed by atoms with Crippen molar-refractivity contribution in [3.63, 3.8) is 0 Å². The average molecular weight is 1210 g/mol. The van der Waals surface area contributed by atoms with Crippen LogP contribution in [0.2, 0.25) is 0 Å². The van der Waals surface area contributed by atoms with Crippen LogP contribution in [0.25, 0.3) is 0 Å². The molecule has 0 aliphatic carbocycles. The van der Waals surface area contributed by atoms with E-state index < -0.39 is 7.92 Å². The highest BCUT2D eigenvalue weighted by molar-refractivity contribution is 15.0. The molecule has 2 heterocycles. The van der Waals surface area contributed by atoms with Crippen molar-refractivity contribution in [2.45, 2.75) is 38.9 Å². The zero-order chi connectivity index (χ0) is 43.2. The first-order valence-corrected chi connectivity index (χ1v) is 30.0. The second kappa shape index (κ2) is 32.5. The molecule has 2 unspecified atom stereocenters. The largest absolute Gasteiger partial charge is 0.445 e. The van der Waals surface area contributed by atoms with Gasteiger partial charge in [-0.3, -0.25) is 0 Å². The Morgan fingerprint density at radius 2 is 0.900 bits per heavy atom. The number of hydrogen-bond donors (Lipinski definition) is 1. The normalized spacial score (nSPS) is 15.5. The summed E-state index contributed by atoms with van der Waals surface area (Å²) in [4.78, 5) is 27.3. The number of halogens is 5. The Bertz CT molecular complexity index is 1680. The summed E-state index contributed by atoms with van der Waals surface area (Å²) in [7, 11) is -0.446. The highest BCUT2D eigenvalue weighted by atomic mass is 128. The summed E-state index contributed by atoms with van der Waals surface area (Å²) in [6.45, 7) is 3.82. The number of ether oxygens (including phenoxy) is 2. The topological polar surface area (TPSA) is 79.3 Å². The Hall–Kier alpha value is -2.20. The smallest absolute Gasteiger partial charge is 0.410 e. The van der Waals surface area contributed by atoms with Gasteiger partial charge >= 0.3 is 12.2 Å². The van der Waals surface area contributed by atoms with Gasteiger partial charge in [0.25, 0.3) is 0 Å². The third kappa shape index (κ3) is 19.9. The Labute approximate surface area is 405 Å². The van der Waals surface area contributed by atoms with E-state index in [-0.39, 0.29) is 30.1 Å². The van der Waals surface area contributed by atoms with Crippen molar-refractivity contribution in [3.05, 3.63) is 163 Å². The van der Waals surface area contributed by atoms with Gasteiger partial charge in [0.2, 0.25) is 0 Å². The zero-order valence-electron chi connectivity index (χ0n) is 33.6. The number of aliphatic hydroxyl groups excluding tert-OH is 1. The number of aliphatic hydroxyl groups is 1. The highest BCUT2D eigenvalue weighted by Gasteiger charge is 2.25. The average Bonchev–Trinajstić information content (AvgIpc) is 3.33. The van der Waals surface area contributed by atoms with Crippen LogP contribution in [0.15, 0.2) is 152 Å². The first-order valence-electron chi connectivity index (χ1n) is 19.7. The van der Waals surface area contributed by atoms with E-state index in [4.69, 9.17) is 37.8 Å². The van der Waals surface area contributed by atoms with E-state index in [1.165, 1.54) is 22.3 Å². The van der Waals surface area contributed by atoms with E-state index in [1.54, 1.807) is 4.90 Å². The maximum absolute atomic E-state index is 11.9. The third-order valence-electron chi connectivity index (χ3n) is 9.48. The number of benzene rings is 5. The van der Waals surface area contributed by atoms with Crippen molar-refractivity contribution in [2.75, 3.05) is 42.6 Å². The lowest BCUT2D eigenvalue weighted by molar-refractivity contribution is 0.0686. The summed E-state index contributed by atoms with van der Waals surface area (Å²) in [5, 5.41) is 13.5. The molecular weight excluding hydrogens is 1160 g/mol. The second-order valence-corrected chi connectivity index (χ2v) is 17.7. The minimum absolute atomic E-state index is 0.141. The number of piperidine rings is 2. The van der Waals surface area contributed by atoms with Crippen LogP contribution in [0.4, 0.5) is 9.59 Å². The predicted octanol–water partition coefficient (Wildman–Crippen LogP) is 12.1. The fourth-order valence-corrected chi connectivity index (χ4v) is 9.56. The number of hydrogen-bond acceptors (Lipinski definition) is 5. The summed E-state index contributed by atoms with van der Waals surface area (Å²) >= 11 is 16.2. The van der Waals surface area contributed by atoms with Gasteiger partial charge in [0.1, 0.15) is 13.2 Å².